The summed E-state index contributed by atoms with van der Waals surface area (Å²) in [4.78, 5) is 14.8. The highest BCUT2D eigenvalue weighted by atomic mass is 32.2. The first-order chi connectivity index (χ1) is 13.3. The molecule has 2 aromatic rings. The molecule has 1 aliphatic rings. The summed E-state index contributed by atoms with van der Waals surface area (Å²) in [7, 11) is -3.23. The summed E-state index contributed by atoms with van der Waals surface area (Å²) < 4.78 is 25.5. The Bertz CT molecular complexity index is 991. The van der Waals surface area contributed by atoms with Crippen LogP contribution in [-0.4, -0.2) is 37.6 Å². The molecule has 28 heavy (non-hydrogen) atoms. The van der Waals surface area contributed by atoms with Crippen LogP contribution in [0.25, 0.3) is 0 Å². The van der Waals surface area contributed by atoms with Gasteiger partial charge in [0.1, 0.15) is 0 Å². The topological polar surface area (TPSA) is 81.5 Å². The van der Waals surface area contributed by atoms with Crippen LogP contribution in [-0.2, 0) is 16.6 Å². The molecule has 0 atom stereocenters. The lowest BCUT2D eigenvalue weighted by Crippen LogP contribution is -2.36. The molecular formula is C21H23N3O3S. The van der Waals surface area contributed by atoms with Crippen molar-refractivity contribution in [3.63, 3.8) is 0 Å². The fraction of sp³-hybridized carbons (Fsp3) is 0.333. The Balaban J connectivity index is 1.78. The van der Waals surface area contributed by atoms with Crippen LogP contribution in [0.4, 0.5) is 5.69 Å². The van der Waals surface area contributed by atoms with Crippen molar-refractivity contribution in [1.82, 2.24) is 4.90 Å². The van der Waals surface area contributed by atoms with E-state index in [9.17, 15) is 13.2 Å². The van der Waals surface area contributed by atoms with E-state index < -0.39 is 10.0 Å². The number of rotatable bonds is 5. The predicted octanol–water partition coefficient (Wildman–Crippen LogP) is 3.15. The summed E-state index contributed by atoms with van der Waals surface area (Å²) in [6.45, 7) is 4.82. The molecule has 1 fully saturated rings. The highest BCUT2D eigenvalue weighted by Crippen LogP contribution is 2.25. The van der Waals surface area contributed by atoms with Gasteiger partial charge >= 0.3 is 0 Å². The van der Waals surface area contributed by atoms with Gasteiger partial charge in [-0.3, -0.25) is 9.10 Å². The van der Waals surface area contributed by atoms with E-state index in [1.54, 1.807) is 41.3 Å². The Hall–Kier alpha value is -2.85. The molecule has 1 amide bonds. The van der Waals surface area contributed by atoms with Crippen molar-refractivity contribution >= 4 is 21.6 Å². The van der Waals surface area contributed by atoms with Gasteiger partial charge in [0.05, 0.1) is 23.1 Å². The molecule has 1 heterocycles. The third-order valence-electron chi connectivity index (χ3n) is 4.82. The first-order valence-corrected chi connectivity index (χ1v) is 10.8. The van der Waals surface area contributed by atoms with Crippen molar-refractivity contribution in [2.75, 3.05) is 16.6 Å². The third-order valence-corrected chi connectivity index (χ3v) is 6.69. The normalized spacial score (nSPS) is 15.4. The summed E-state index contributed by atoms with van der Waals surface area (Å²) in [5, 5.41) is 8.91. The maximum atomic E-state index is 13.0. The summed E-state index contributed by atoms with van der Waals surface area (Å²) in [5.74, 6) is 0.0505. The number of carbonyl (C=O) groups is 1. The van der Waals surface area contributed by atoms with E-state index in [1.165, 1.54) is 4.31 Å². The first kappa shape index (κ1) is 19.9. The Labute approximate surface area is 166 Å². The minimum atomic E-state index is -3.23. The Morgan fingerprint density at radius 2 is 1.79 bits per heavy atom. The number of carbonyl (C=O) groups excluding carboxylic acids is 1. The number of nitrogens with zero attached hydrogens (tertiary/aromatic N) is 3. The van der Waals surface area contributed by atoms with E-state index in [-0.39, 0.29) is 17.7 Å². The number of amides is 1. The van der Waals surface area contributed by atoms with Gasteiger partial charge in [0.25, 0.3) is 5.91 Å². The molecule has 0 aromatic heterocycles. The molecule has 1 aliphatic heterocycles. The fourth-order valence-electron chi connectivity index (χ4n) is 3.24. The molecule has 3 rings (SSSR count). The Morgan fingerprint density at radius 3 is 2.29 bits per heavy atom. The van der Waals surface area contributed by atoms with Crippen LogP contribution in [0.2, 0.25) is 0 Å². The smallest absolute Gasteiger partial charge is 0.254 e. The molecule has 6 nitrogen and oxygen atoms in total. The highest BCUT2D eigenvalue weighted by molar-refractivity contribution is 7.93. The lowest BCUT2D eigenvalue weighted by atomic mass is 10.1. The van der Waals surface area contributed by atoms with Crippen LogP contribution in [0.15, 0.2) is 48.5 Å². The maximum Gasteiger partial charge on any atom is 0.254 e. The average molecular weight is 398 g/mol. The fourth-order valence-corrected chi connectivity index (χ4v) is 4.80. The van der Waals surface area contributed by atoms with E-state index in [4.69, 9.17) is 5.26 Å². The van der Waals surface area contributed by atoms with Gasteiger partial charge in [0, 0.05) is 24.7 Å². The van der Waals surface area contributed by atoms with E-state index in [1.807, 2.05) is 26.0 Å². The van der Waals surface area contributed by atoms with E-state index >= 15 is 0 Å². The average Bonchev–Trinajstić information content (AvgIpc) is 3.05. The number of nitriles is 1. The maximum absolute atomic E-state index is 13.0. The van der Waals surface area contributed by atoms with E-state index in [2.05, 4.69) is 6.07 Å². The molecule has 0 spiro atoms. The molecule has 0 unspecified atom stereocenters. The van der Waals surface area contributed by atoms with Crippen molar-refractivity contribution in [2.45, 2.75) is 32.9 Å². The number of hydrogen-bond acceptors (Lipinski definition) is 4. The second-order valence-corrected chi connectivity index (χ2v) is 9.14. The minimum absolute atomic E-state index is 0.0122. The number of benzene rings is 2. The van der Waals surface area contributed by atoms with Gasteiger partial charge in [-0.15, -0.1) is 0 Å². The van der Waals surface area contributed by atoms with Gasteiger partial charge in [-0.05, 0) is 62.2 Å². The van der Waals surface area contributed by atoms with Gasteiger partial charge < -0.3 is 4.90 Å². The first-order valence-electron chi connectivity index (χ1n) is 9.22. The summed E-state index contributed by atoms with van der Waals surface area (Å²) in [6, 6.07) is 16.0. The number of hydrogen-bond donors (Lipinski definition) is 0. The van der Waals surface area contributed by atoms with Crippen molar-refractivity contribution in [1.29, 1.82) is 5.26 Å². The van der Waals surface area contributed by atoms with Crippen molar-refractivity contribution < 1.29 is 13.2 Å². The zero-order valence-electron chi connectivity index (χ0n) is 16.0. The van der Waals surface area contributed by atoms with E-state index in [0.717, 1.165) is 5.56 Å². The second kappa shape index (κ2) is 8.03. The van der Waals surface area contributed by atoms with Crippen molar-refractivity contribution in [3.8, 4) is 6.07 Å². The lowest BCUT2D eigenvalue weighted by molar-refractivity contribution is 0.0690. The Morgan fingerprint density at radius 1 is 1.14 bits per heavy atom. The SMILES string of the molecule is CC(C)N(Cc1ccc(C#N)cc1)C(=O)c1ccc(N2CCCS2(=O)=O)cc1. The second-order valence-electron chi connectivity index (χ2n) is 7.12. The van der Waals surface area contributed by atoms with Crippen LogP contribution in [0, 0.1) is 11.3 Å². The van der Waals surface area contributed by atoms with E-state index in [0.29, 0.717) is 36.3 Å². The summed E-state index contributed by atoms with van der Waals surface area (Å²) >= 11 is 0. The quantitative estimate of drug-likeness (QED) is 0.776. The predicted molar refractivity (Wildman–Crippen MR) is 108 cm³/mol. The molecule has 0 aliphatic carbocycles. The monoisotopic (exact) mass is 397 g/mol. The molecule has 7 heteroatoms. The van der Waals surface area contributed by atoms with Crippen LogP contribution in [0.1, 0.15) is 41.8 Å². The number of sulfonamides is 1. The summed E-state index contributed by atoms with van der Waals surface area (Å²) in [6.07, 6.45) is 0.620. The zero-order chi connectivity index (χ0) is 20.3. The van der Waals surface area contributed by atoms with Crippen LogP contribution < -0.4 is 4.31 Å². The van der Waals surface area contributed by atoms with Gasteiger partial charge in [0.15, 0.2) is 0 Å². The van der Waals surface area contributed by atoms with Gasteiger partial charge in [-0.25, -0.2) is 8.42 Å². The molecular weight excluding hydrogens is 374 g/mol. The van der Waals surface area contributed by atoms with Crippen molar-refractivity contribution in [3.05, 3.63) is 65.2 Å². The molecule has 1 saturated heterocycles. The standard InChI is InChI=1S/C21H23N3O3S/c1-16(2)23(15-18-6-4-17(14-22)5-7-18)21(25)19-8-10-20(11-9-19)24-12-3-13-28(24,26)27/h4-11,16H,3,12-13,15H2,1-2H3. The van der Waals surface area contributed by atoms with Crippen LogP contribution >= 0.6 is 0 Å². The molecule has 2 aromatic carbocycles. The molecule has 0 saturated carbocycles. The Kier molecular flexibility index (Phi) is 5.71. The van der Waals surface area contributed by atoms with Crippen LogP contribution in [0.3, 0.4) is 0 Å². The highest BCUT2D eigenvalue weighted by Gasteiger charge is 2.28. The largest absolute Gasteiger partial charge is 0.332 e. The van der Waals surface area contributed by atoms with Crippen molar-refractivity contribution in [2.24, 2.45) is 0 Å². The molecule has 146 valence electrons. The van der Waals surface area contributed by atoms with Crippen LogP contribution in [0.5, 0.6) is 0 Å². The summed E-state index contributed by atoms with van der Waals surface area (Å²) in [5.41, 5.74) is 2.64. The molecule has 0 N–H and O–H groups in total. The molecule has 0 bridgehead atoms. The molecule has 0 radical (unpaired) electrons. The van der Waals surface area contributed by atoms with Gasteiger partial charge in [-0.2, -0.15) is 5.26 Å². The lowest BCUT2D eigenvalue weighted by Gasteiger charge is -2.27. The third kappa shape index (κ3) is 4.18. The van der Waals surface area contributed by atoms with Gasteiger partial charge in [-0.1, -0.05) is 12.1 Å². The number of anilines is 1. The van der Waals surface area contributed by atoms with Gasteiger partial charge in [0.2, 0.25) is 10.0 Å². The zero-order valence-corrected chi connectivity index (χ0v) is 16.8. The minimum Gasteiger partial charge on any atom is -0.332 e.